The third kappa shape index (κ3) is 4.35. The van der Waals surface area contributed by atoms with E-state index >= 15 is 0 Å². The summed E-state index contributed by atoms with van der Waals surface area (Å²) in [5, 5.41) is 2.91. The van der Waals surface area contributed by atoms with Gasteiger partial charge >= 0.3 is 0 Å². The maximum atomic E-state index is 12.0. The number of pyridine rings is 1. The topological polar surface area (TPSA) is 62.0 Å². The van der Waals surface area contributed by atoms with Gasteiger partial charge in [-0.05, 0) is 25.7 Å². The molecule has 0 unspecified atom stereocenters. The van der Waals surface area contributed by atoms with E-state index < -0.39 is 0 Å². The van der Waals surface area contributed by atoms with Crippen molar-refractivity contribution in [2.75, 3.05) is 0 Å². The Balaban J connectivity index is 2.83. The molecule has 0 bridgehead atoms. The number of aromatic nitrogens is 1. The highest BCUT2D eigenvalue weighted by Crippen LogP contribution is 2.26. The Hall–Kier alpha value is -1.58. The number of rotatable bonds is 3. The first kappa shape index (κ1) is 14.5. The molecule has 4 nitrogen and oxygen atoms in total. The van der Waals surface area contributed by atoms with E-state index in [1.807, 2.05) is 13.8 Å². The van der Waals surface area contributed by atoms with E-state index in [0.717, 1.165) is 6.42 Å². The number of nitrogens with one attached hydrogen (secondary N) is 2. The van der Waals surface area contributed by atoms with Crippen LogP contribution in [0.15, 0.2) is 23.3 Å². The van der Waals surface area contributed by atoms with E-state index in [2.05, 4.69) is 31.1 Å². The van der Waals surface area contributed by atoms with E-state index in [-0.39, 0.29) is 27.9 Å². The molecule has 1 amide bonds. The van der Waals surface area contributed by atoms with Gasteiger partial charge in [-0.25, -0.2) is 0 Å². The highest BCUT2D eigenvalue weighted by Gasteiger charge is 2.27. The fourth-order valence-corrected chi connectivity index (χ4v) is 2.34. The Labute approximate surface area is 108 Å². The van der Waals surface area contributed by atoms with Crippen LogP contribution in [-0.2, 0) is 0 Å². The van der Waals surface area contributed by atoms with Gasteiger partial charge < -0.3 is 10.3 Å². The summed E-state index contributed by atoms with van der Waals surface area (Å²) in [5.41, 5.74) is -0.352. The number of aromatic amines is 1. The summed E-state index contributed by atoms with van der Waals surface area (Å²) in [6, 6.07) is 1.35. The molecule has 1 rings (SSSR count). The number of hydrogen-bond acceptors (Lipinski definition) is 2. The highest BCUT2D eigenvalue weighted by atomic mass is 16.2. The average molecular weight is 250 g/mol. The van der Waals surface area contributed by atoms with Gasteiger partial charge in [-0.15, -0.1) is 0 Å². The van der Waals surface area contributed by atoms with Crippen molar-refractivity contribution in [1.29, 1.82) is 0 Å². The Kier molecular flexibility index (Phi) is 3.99. The maximum absolute atomic E-state index is 12.0. The van der Waals surface area contributed by atoms with E-state index in [9.17, 15) is 9.59 Å². The molecule has 0 radical (unpaired) electrons. The molecule has 0 aliphatic heterocycles. The highest BCUT2D eigenvalue weighted by molar-refractivity contribution is 5.94. The fraction of sp³-hybridized carbons (Fsp3) is 0.571. The Morgan fingerprint density at radius 1 is 1.28 bits per heavy atom. The summed E-state index contributed by atoms with van der Waals surface area (Å²) in [7, 11) is 0. The summed E-state index contributed by atoms with van der Waals surface area (Å²) in [6.45, 7) is 10.3. The second kappa shape index (κ2) is 4.96. The van der Waals surface area contributed by atoms with Crippen LogP contribution in [0.1, 0.15) is 51.4 Å². The number of hydrogen-bond donors (Lipinski definition) is 2. The van der Waals surface area contributed by atoms with Crippen LogP contribution in [0.3, 0.4) is 0 Å². The third-order valence-electron chi connectivity index (χ3n) is 2.49. The standard InChI is InChI=1S/C14H22N2O2/c1-13(2,3)9-14(4,5)16-12(18)10-8-15-7-6-11(10)17/h6-8H,9H2,1-5H3,(H,15,17)(H,16,18). The number of H-pyrrole nitrogens is 1. The van der Waals surface area contributed by atoms with Crippen molar-refractivity contribution >= 4 is 5.91 Å². The molecule has 0 atom stereocenters. The van der Waals surface area contributed by atoms with Gasteiger partial charge in [0.1, 0.15) is 5.56 Å². The van der Waals surface area contributed by atoms with Crippen molar-refractivity contribution in [3.05, 3.63) is 34.2 Å². The fourth-order valence-electron chi connectivity index (χ4n) is 2.34. The molecule has 0 saturated heterocycles. The molecule has 18 heavy (non-hydrogen) atoms. The van der Waals surface area contributed by atoms with Crippen molar-refractivity contribution in [3.63, 3.8) is 0 Å². The van der Waals surface area contributed by atoms with Crippen LogP contribution < -0.4 is 10.7 Å². The van der Waals surface area contributed by atoms with Crippen molar-refractivity contribution in [2.24, 2.45) is 5.41 Å². The molecule has 0 aliphatic rings. The summed E-state index contributed by atoms with van der Waals surface area (Å²) in [6.07, 6.45) is 3.78. The van der Waals surface area contributed by atoms with Gasteiger partial charge in [0.15, 0.2) is 5.43 Å². The normalized spacial score (nSPS) is 12.3. The quantitative estimate of drug-likeness (QED) is 0.864. The van der Waals surface area contributed by atoms with Crippen molar-refractivity contribution in [3.8, 4) is 0 Å². The first-order valence-electron chi connectivity index (χ1n) is 6.10. The number of amides is 1. The van der Waals surface area contributed by atoms with Crippen LogP contribution in [0.5, 0.6) is 0 Å². The molecule has 100 valence electrons. The zero-order chi connectivity index (χ0) is 14.0. The zero-order valence-electron chi connectivity index (χ0n) is 11.8. The van der Waals surface area contributed by atoms with Crippen LogP contribution >= 0.6 is 0 Å². The van der Waals surface area contributed by atoms with Gasteiger partial charge in [0.2, 0.25) is 0 Å². The van der Waals surface area contributed by atoms with E-state index in [1.54, 1.807) is 0 Å². The minimum Gasteiger partial charge on any atom is -0.367 e. The van der Waals surface area contributed by atoms with Crippen LogP contribution in [0.4, 0.5) is 0 Å². The molecular formula is C14H22N2O2. The van der Waals surface area contributed by atoms with E-state index in [1.165, 1.54) is 18.5 Å². The molecule has 4 heteroatoms. The molecule has 0 fully saturated rings. The first-order valence-corrected chi connectivity index (χ1v) is 6.10. The largest absolute Gasteiger partial charge is 0.367 e. The predicted molar refractivity (Wildman–Crippen MR) is 72.7 cm³/mol. The summed E-state index contributed by atoms with van der Waals surface area (Å²) < 4.78 is 0. The molecule has 0 spiro atoms. The van der Waals surface area contributed by atoms with Crippen LogP contribution in [-0.4, -0.2) is 16.4 Å². The van der Waals surface area contributed by atoms with Gasteiger partial charge in [0, 0.05) is 24.0 Å². The second-order valence-corrected chi connectivity index (χ2v) is 6.50. The SMILES string of the molecule is CC(C)(C)CC(C)(C)NC(=O)c1c[nH]ccc1=O. The Bertz CT molecular complexity index is 481. The van der Waals surface area contributed by atoms with Crippen LogP contribution in [0, 0.1) is 5.41 Å². The molecule has 0 aromatic carbocycles. The third-order valence-corrected chi connectivity index (χ3v) is 2.49. The molecule has 1 heterocycles. The summed E-state index contributed by atoms with van der Waals surface area (Å²) in [4.78, 5) is 26.3. The molecule has 0 saturated carbocycles. The lowest BCUT2D eigenvalue weighted by molar-refractivity contribution is 0.0890. The summed E-state index contributed by atoms with van der Waals surface area (Å²) in [5.74, 6) is -0.328. The maximum Gasteiger partial charge on any atom is 0.257 e. The van der Waals surface area contributed by atoms with Crippen LogP contribution in [0.25, 0.3) is 0 Å². The second-order valence-electron chi connectivity index (χ2n) is 6.50. The number of carbonyl (C=O) groups excluding carboxylic acids is 1. The molecule has 2 N–H and O–H groups in total. The van der Waals surface area contributed by atoms with Gasteiger partial charge in [-0.1, -0.05) is 20.8 Å². The van der Waals surface area contributed by atoms with Gasteiger partial charge in [0.05, 0.1) is 0 Å². The van der Waals surface area contributed by atoms with Gasteiger partial charge in [-0.3, -0.25) is 9.59 Å². The monoisotopic (exact) mass is 250 g/mol. The van der Waals surface area contributed by atoms with Crippen LogP contribution in [0.2, 0.25) is 0 Å². The minimum absolute atomic E-state index is 0.111. The van der Waals surface area contributed by atoms with Crippen molar-refractivity contribution in [1.82, 2.24) is 10.3 Å². The van der Waals surface area contributed by atoms with Crippen molar-refractivity contribution in [2.45, 2.75) is 46.6 Å². The molecule has 1 aromatic heterocycles. The average Bonchev–Trinajstić information content (AvgIpc) is 2.12. The number of carbonyl (C=O) groups is 1. The van der Waals surface area contributed by atoms with Crippen molar-refractivity contribution < 1.29 is 4.79 Å². The smallest absolute Gasteiger partial charge is 0.257 e. The molecular weight excluding hydrogens is 228 g/mol. The Morgan fingerprint density at radius 2 is 1.89 bits per heavy atom. The molecule has 1 aromatic rings. The van der Waals surface area contributed by atoms with E-state index in [0.29, 0.717) is 0 Å². The Morgan fingerprint density at radius 3 is 2.39 bits per heavy atom. The lowest BCUT2D eigenvalue weighted by Gasteiger charge is -2.33. The summed E-state index contributed by atoms with van der Waals surface area (Å²) >= 11 is 0. The van der Waals surface area contributed by atoms with Gasteiger partial charge in [0.25, 0.3) is 5.91 Å². The minimum atomic E-state index is -0.350. The lowest BCUT2D eigenvalue weighted by Crippen LogP contribution is -2.46. The lowest BCUT2D eigenvalue weighted by atomic mass is 9.81. The zero-order valence-corrected chi connectivity index (χ0v) is 11.8. The van der Waals surface area contributed by atoms with Gasteiger partial charge in [-0.2, -0.15) is 0 Å². The predicted octanol–water partition coefficient (Wildman–Crippen LogP) is 2.32. The molecule has 0 aliphatic carbocycles. The first-order chi connectivity index (χ1) is 8.11. The van der Waals surface area contributed by atoms with E-state index in [4.69, 9.17) is 0 Å².